The Hall–Kier alpha value is -0.830. The van der Waals surface area contributed by atoms with Crippen LogP contribution in [0.1, 0.15) is 19.8 Å². The van der Waals surface area contributed by atoms with Crippen molar-refractivity contribution in [2.75, 3.05) is 19.7 Å². The van der Waals surface area contributed by atoms with Crippen molar-refractivity contribution in [2.45, 2.75) is 19.8 Å². The Morgan fingerprint density at radius 1 is 1.54 bits per heavy atom. The molecule has 1 saturated heterocycles. The number of piperidine rings is 1. The number of carbonyl (C=O) groups is 1. The van der Waals surface area contributed by atoms with Crippen molar-refractivity contribution >= 4 is 5.97 Å². The summed E-state index contributed by atoms with van der Waals surface area (Å²) in [7, 11) is 0. The molecule has 0 aliphatic carbocycles. The first-order chi connectivity index (χ1) is 6.20. The SMILES string of the molecule is C=C(C)COC(=O)C1CCNCC1. The van der Waals surface area contributed by atoms with Gasteiger partial charge in [0.15, 0.2) is 0 Å². The molecule has 1 N–H and O–H groups in total. The average molecular weight is 183 g/mol. The second-order valence-electron chi connectivity index (χ2n) is 3.59. The molecule has 3 heteroatoms. The summed E-state index contributed by atoms with van der Waals surface area (Å²) >= 11 is 0. The maximum absolute atomic E-state index is 11.4. The summed E-state index contributed by atoms with van der Waals surface area (Å²) in [6, 6.07) is 0. The molecule has 0 atom stereocenters. The Morgan fingerprint density at radius 2 is 2.15 bits per heavy atom. The van der Waals surface area contributed by atoms with E-state index in [1.807, 2.05) is 6.92 Å². The van der Waals surface area contributed by atoms with Crippen molar-refractivity contribution in [1.82, 2.24) is 5.32 Å². The number of hydrogen-bond acceptors (Lipinski definition) is 3. The highest BCUT2D eigenvalue weighted by Crippen LogP contribution is 2.13. The van der Waals surface area contributed by atoms with Gasteiger partial charge in [0, 0.05) is 0 Å². The highest BCUT2D eigenvalue weighted by molar-refractivity contribution is 5.72. The Kier molecular flexibility index (Phi) is 3.96. The summed E-state index contributed by atoms with van der Waals surface area (Å²) < 4.78 is 5.08. The molecule has 0 aromatic heterocycles. The maximum atomic E-state index is 11.4. The summed E-state index contributed by atoms with van der Waals surface area (Å²) in [6.45, 7) is 7.75. The molecule has 0 aromatic rings. The van der Waals surface area contributed by atoms with Crippen molar-refractivity contribution < 1.29 is 9.53 Å². The fraction of sp³-hybridized carbons (Fsp3) is 0.700. The van der Waals surface area contributed by atoms with E-state index in [0.717, 1.165) is 31.5 Å². The fourth-order valence-corrected chi connectivity index (χ4v) is 1.37. The second-order valence-corrected chi connectivity index (χ2v) is 3.59. The number of carbonyl (C=O) groups excluding carboxylic acids is 1. The van der Waals surface area contributed by atoms with Crippen LogP contribution >= 0.6 is 0 Å². The van der Waals surface area contributed by atoms with Crippen LogP contribution in [-0.2, 0) is 9.53 Å². The van der Waals surface area contributed by atoms with E-state index in [4.69, 9.17) is 4.74 Å². The van der Waals surface area contributed by atoms with E-state index < -0.39 is 0 Å². The van der Waals surface area contributed by atoms with Gasteiger partial charge in [0.1, 0.15) is 6.61 Å². The number of nitrogens with one attached hydrogen (secondary N) is 1. The topological polar surface area (TPSA) is 38.3 Å². The van der Waals surface area contributed by atoms with Gasteiger partial charge in [0.25, 0.3) is 0 Å². The lowest BCUT2D eigenvalue weighted by Gasteiger charge is -2.20. The molecule has 1 heterocycles. The van der Waals surface area contributed by atoms with Crippen LogP contribution in [0.4, 0.5) is 0 Å². The van der Waals surface area contributed by atoms with Gasteiger partial charge in [0.05, 0.1) is 5.92 Å². The molecule has 1 aliphatic heterocycles. The predicted octanol–water partition coefficient (Wildman–Crippen LogP) is 1.11. The molecule has 3 nitrogen and oxygen atoms in total. The first-order valence-corrected chi connectivity index (χ1v) is 4.72. The van der Waals surface area contributed by atoms with Crippen LogP contribution in [0.25, 0.3) is 0 Å². The molecule has 74 valence electrons. The molecular weight excluding hydrogens is 166 g/mol. The molecule has 0 amide bonds. The van der Waals surface area contributed by atoms with E-state index >= 15 is 0 Å². The van der Waals surface area contributed by atoms with Crippen LogP contribution in [0.3, 0.4) is 0 Å². The van der Waals surface area contributed by atoms with Gasteiger partial charge in [-0.2, -0.15) is 0 Å². The van der Waals surface area contributed by atoms with Crippen LogP contribution in [-0.4, -0.2) is 25.7 Å². The summed E-state index contributed by atoms with van der Waals surface area (Å²) in [5.74, 6) is 0.0325. The minimum absolute atomic E-state index is 0.0653. The van der Waals surface area contributed by atoms with Crippen LogP contribution in [0.15, 0.2) is 12.2 Å². The normalized spacial score (nSPS) is 18.2. The van der Waals surface area contributed by atoms with E-state index in [-0.39, 0.29) is 11.9 Å². The van der Waals surface area contributed by atoms with Crippen molar-refractivity contribution in [3.8, 4) is 0 Å². The highest BCUT2D eigenvalue weighted by Gasteiger charge is 2.21. The van der Waals surface area contributed by atoms with Gasteiger partial charge in [-0.15, -0.1) is 0 Å². The standard InChI is InChI=1S/C10H17NO2/c1-8(2)7-13-10(12)9-3-5-11-6-4-9/h9,11H,1,3-7H2,2H3. The summed E-state index contributed by atoms with van der Waals surface area (Å²) in [4.78, 5) is 11.4. The smallest absolute Gasteiger partial charge is 0.309 e. The van der Waals surface area contributed by atoms with E-state index in [1.54, 1.807) is 0 Å². The molecule has 0 spiro atoms. The second kappa shape index (κ2) is 5.02. The molecule has 1 rings (SSSR count). The summed E-state index contributed by atoms with van der Waals surface area (Å²) in [6.07, 6.45) is 1.80. The van der Waals surface area contributed by atoms with Crippen molar-refractivity contribution in [3.63, 3.8) is 0 Å². The monoisotopic (exact) mass is 183 g/mol. The average Bonchev–Trinajstić information content (AvgIpc) is 2.15. The fourth-order valence-electron chi connectivity index (χ4n) is 1.37. The van der Waals surface area contributed by atoms with Gasteiger partial charge in [-0.25, -0.2) is 0 Å². The van der Waals surface area contributed by atoms with E-state index in [1.165, 1.54) is 0 Å². The van der Waals surface area contributed by atoms with Crippen molar-refractivity contribution in [1.29, 1.82) is 0 Å². The lowest BCUT2D eigenvalue weighted by atomic mass is 9.99. The zero-order valence-electron chi connectivity index (χ0n) is 8.14. The van der Waals surface area contributed by atoms with Gasteiger partial charge >= 0.3 is 5.97 Å². The largest absolute Gasteiger partial charge is 0.461 e. The van der Waals surface area contributed by atoms with Crippen LogP contribution < -0.4 is 5.32 Å². The van der Waals surface area contributed by atoms with Crippen LogP contribution in [0.2, 0.25) is 0 Å². The highest BCUT2D eigenvalue weighted by atomic mass is 16.5. The molecule has 0 saturated carbocycles. The third-order valence-corrected chi connectivity index (χ3v) is 2.13. The van der Waals surface area contributed by atoms with Gasteiger partial charge in [-0.1, -0.05) is 6.58 Å². The third-order valence-electron chi connectivity index (χ3n) is 2.13. The number of rotatable bonds is 3. The number of ether oxygens (including phenoxy) is 1. The quantitative estimate of drug-likeness (QED) is 0.526. The molecular formula is C10H17NO2. The molecule has 0 radical (unpaired) electrons. The molecule has 0 unspecified atom stereocenters. The first kappa shape index (κ1) is 10.3. The summed E-state index contributed by atoms with van der Waals surface area (Å²) in [5, 5.41) is 3.21. The Morgan fingerprint density at radius 3 is 2.69 bits per heavy atom. The Balaban J connectivity index is 2.25. The first-order valence-electron chi connectivity index (χ1n) is 4.72. The Labute approximate surface area is 79.2 Å². The number of hydrogen-bond donors (Lipinski definition) is 1. The van der Waals surface area contributed by atoms with Gasteiger partial charge in [-0.3, -0.25) is 4.79 Å². The lowest BCUT2D eigenvalue weighted by molar-refractivity contribution is -0.148. The molecule has 0 aromatic carbocycles. The molecule has 0 bridgehead atoms. The number of esters is 1. The maximum Gasteiger partial charge on any atom is 0.309 e. The zero-order chi connectivity index (χ0) is 9.68. The minimum atomic E-state index is -0.0653. The van der Waals surface area contributed by atoms with Gasteiger partial charge in [0.2, 0.25) is 0 Å². The van der Waals surface area contributed by atoms with Gasteiger partial charge in [-0.05, 0) is 38.4 Å². The lowest BCUT2D eigenvalue weighted by Crippen LogP contribution is -2.32. The van der Waals surface area contributed by atoms with Crippen molar-refractivity contribution in [2.24, 2.45) is 5.92 Å². The minimum Gasteiger partial charge on any atom is -0.461 e. The summed E-state index contributed by atoms with van der Waals surface area (Å²) in [5.41, 5.74) is 0.891. The van der Waals surface area contributed by atoms with Gasteiger partial charge < -0.3 is 10.1 Å². The van der Waals surface area contributed by atoms with Crippen molar-refractivity contribution in [3.05, 3.63) is 12.2 Å². The molecule has 1 aliphatic rings. The van der Waals surface area contributed by atoms with E-state index in [9.17, 15) is 4.79 Å². The van der Waals surface area contributed by atoms with Crippen LogP contribution in [0.5, 0.6) is 0 Å². The molecule has 1 fully saturated rings. The predicted molar refractivity (Wildman–Crippen MR) is 51.4 cm³/mol. The van der Waals surface area contributed by atoms with E-state index in [0.29, 0.717) is 6.61 Å². The van der Waals surface area contributed by atoms with E-state index in [2.05, 4.69) is 11.9 Å². The van der Waals surface area contributed by atoms with Crippen LogP contribution in [0, 0.1) is 5.92 Å². The third kappa shape index (κ3) is 3.59. The molecule has 13 heavy (non-hydrogen) atoms. The Bertz CT molecular complexity index is 195. The zero-order valence-corrected chi connectivity index (χ0v) is 8.14.